The Morgan fingerprint density at radius 1 is 1.44 bits per heavy atom. The fraction of sp³-hybridized carbons (Fsp3) is 0.571. The molecule has 0 amide bonds. The molecular formula is C14H19Br2NO. The molecule has 18 heavy (non-hydrogen) atoms. The van der Waals surface area contributed by atoms with Crippen LogP contribution in [0, 0.1) is 5.92 Å². The molecule has 0 radical (unpaired) electrons. The summed E-state index contributed by atoms with van der Waals surface area (Å²) in [4.78, 5) is 0. The van der Waals surface area contributed by atoms with Gasteiger partial charge in [-0.1, -0.05) is 38.8 Å². The molecule has 2 nitrogen and oxygen atoms in total. The Kier molecular flexibility index (Phi) is 5.24. The van der Waals surface area contributed by atoms with Crippen molar-refractivity contribution in [2.75, 3.05) is 13.2 Å². The van der Waals surface area contributed by atoms with Crippen molar-refractivity contribution >= 4 is 31.9 Å². The Morgan fingerprint density at radius 3 is 2.83 bits per heavy atom. The SMILES string of the molecule is CCNC(c1cc(Br)ccc1Br)C1COC(C)C1. The van der Waals surface area contributed by atoms with Gasteiger partial charge in [-0.05, 0) is 43.7 Å². The highest BCUT2D eigenvalue weighted by atomic mass is 79.9. The first-order valence-electron chi connectivity index (χ1n) is 6.41. The number of benzene rings is 1. The molecule has 2 rings (SSSR count). The number of ether oxygens (including phenoxy) is 1. The summed E-state index contributed by atoms with van der Waals surface area (Å²) in [6.45, 7) is 6.11. The lowest BCUT2D eigenvalue weighted by Crippen LogP contribution is -2.29. The molecule has 1 heterocycles. The van der Waals surface area contributed by atoms with E-state index in [-0.39, 0.29) is 0 Å². The quantitative estimate of drug-likeness (QED) is 0.846. The van der Waals surface area contributed by atoms with Crippen LogP contribution in [-0.4, -0.2) is 19.3 Å². The molecule has 1 aromatic rings. The van der Waals surface area contributed by atoms with Gasteiger partial charge in [-0.3, -0.25) is 0 Å². The second kappa shape index (κ2) is 6.51. The van der Waals surface area contributed by atoms with Gasteiger partial charge in [0.2, 0.25) is 0 Å². The third kappa shape index (κ3) is 3.35. The summed E-state index contributed by atoms with van der Waals surface area (Å²) in [6.07, 6.45) is 1.50. The first-order chi connectivity index (χ1) is 8.61. The lowest BCUT2D eigenvalue weighted by Gasteiger charge is -2.25. The molecule has 0 aliphatic carbocycles. The number of hydrogen-bond acceptors (Lipinski definition) is 2. The second-order valence-electron chi connectivity index (χ2n) is 4.84. The highest BCUT2D eigenvalue weighted by Crippen LogP contribution is 2.36. The Bertz CT molecular complexity index is 411. The third-order valence-electron chi connectivity index (χ3n) is 3.42. The van der Waals surface area contributed by atoms with E-state index in [1.165, 1.54) is 5.56 Å². The summed E-state index contributed by atoms with van der Waals surface area (Å²) in [5.41, 5.74) is 1.31. The minimum Gasteiger partial charge on any atom is -0.378 e. The van der Waals surface area contributed by atoms with Crippen LogP contribution in [0.25, 0.3) is 0 Å². The maximum atomic E-state index is 5.72. The van der Waals surface area contributed by atoms with Crippen molar-refractivity contribution in [1.29, 1.82) is 0 Å². The van der Waals surface area contributed by atoms with Crippen LogP contribution in [-0.2, 0) is 4.74 Å². The zero-order chi connectivity index (χ0) is 13.1. The van der Waals surface area contributed by atoms with Gasteiger partial charge in [-0.2, -0.15) is 0 Å². The monoisotopic (exact) mass is 375 g/mol. The van der Waals surface area contributed by atoms with E-state index >= 15 is 0 Å². The average molecular weight is 377 g/mol. The summed E-state index contributed by atoms with van der Waals surface area (Å²) in [6, 6.07) is 6.71. The van der Waals surface area contributed by atoms with Crippen molar-refractivity contribution in [3.8, 4) is 0 Å². The summed E-state index contributed by atoms with van der Waals surface area (Å²) in [7, 11) is 0. The van der Waals surface area contributed by atoms with E-state index < -0.39 is 0 Å². The van der Waals surface area contributed by atoms with Gasteiger partial charge in [0.15, 0.2) is 0 Å². The van der Waals surface area contributed by atoms with Crippen molar-refractivity contribution in [3.63, 3.8) is 0 Å². The molecule has 0 bridgehead atoms. The van der Waals surface area contributed by atoms with Crippen molar-refractivity contribution in [3.05, 3.63) is 32.7 Å². The van der Waals surface area contributed by atoms with Crippen molar-refractivity contribution in [2.24, 2.45) is 5.92 Å². The molecule has 3 unspecified atom stereocenters. The van der Waals surface area contributed by atoms with Gasteiger partial charge in [-0.15, -0.1) is 0 Å². The van der Waals surface area contributed by atoms with Gasteiger partial charge in [0.05, 0.1) is 12.7 Å². The van der Waals surface area contributed by atoms with Crippen LogP contribution in [0.4, 0.5) is 0 Å². The Hall–Kier alpha value is 0.1000. The van der Waals surface area contributed by atoms with E-state index in [1.807, 2.05) is 0 Å². The Balaban J connectivity index is 2.26. The van der Waals surface area contributed by atoms with E-state index in [0.29, 0.717) is 18.1 Å². The van der Waals surface area contributed by atoms with Crippen molar-refractivity contribution in [1.82, 2.24) is 5.32 Å². The lowest BCUT2D eigenvalue weighted by atomic mass is 9.91. The van der Waals surface area contributed by atoms with E-state index in [1.54, 1.807) is 0 Å². The number of hydrogen-bond donors (Lipinski definition) is 1. The molecule has 0 aromatic heterocycles. The summed E-state index contributed by atoms with van der Waals surface area (Å²) < 4.78 is 8.00. The van der Waals surface area contributed by atoms with Gasteiger partial charge >= 0.3 is 0 Å². The third-order valence-corrected chi connectivity index (χ3v) is 4.63. The predicted molar refractivity (Wildman–Crippen MR) is 81.8 cm³/mol. The number of halogens is 2. The largest absolute Gasteiger partial charge is 0.378 e. The Labute approximate surface area is 126 Å². The van der Waals surface area contributed by atoms with Crippen LogP contribution in [0.2, 0.25) is 0 Å². The first-order valence-corrected chi connectivity index (χ1v) is 8.00. The molecule has 4 heteroatoms. The second-order valence-corrected chi connectivity index (χ2v) is 6.61. The molecule has 3 atom stereocenters. The fourth-order valence-electron chi connectivity index (χ4n) is 2.59. The molecule has 1 fully saturated rings. The summed E-state index contributed by atoms with van der Waals surface area (Å²) in [5, 5.41) is 3.60. The minimum absolute atomic E-state index is 0.354. The van der Waals surface area contributed by atoms with E-state index in [0.717, 1.165) is 28.5 Å². The molecule has 1 saturated heterocycles. The van der Waals surface area contributed by atoms with E-state index in [9.17, 15) is 0 Å². The van der Waals surface area contributed by atoms with Gasteiger partial charge in [0.1, 0.15) is 0 Å². The predicted octanol–water partition coefficient (Wildman–Crippen LogP) is 4.29. The van der Waals surface area contributed by atoms with Gasteiger partial charge in [0, 0.05) is 20.9 Å². The summed E-state index contributed by atoms with van der Waals surface area (Å²) in [5.74, 6) is 0.547. The minimum atomic E-state index is 0.354. The maximum absolute atomic E-state index is 5.72. The van der Waals surface area contributed by atoms with Crippen molar-refractivity contribution in [2.45, 2.75) is 32.4 Å². The molecule has 1 aromatic carbocycles. The highest BCUT2D eigenvalue weighted by molar-refractivity contribution is 9.11. The lowest BCUT2D eigenvalue weighted by molar-refractivity contribution is 0.117. The van der Waals surface area contributed by atoms with Gasteiger partial charge in [-0.25, -0.2) is 0 Å². The zero-order valence-electron chi connectivity index (χ0n) is 10.7. The van der Waals surface area contributed by atoms with E-state index in [4.69, 9.17) is 4.74 Å². The molecule has 0 saturated carbocycles. The zero-order valence-corrected chi connectivity index (χ0v) is 13.9. The average Bonchev–Trinajstić information content (AvgIpc) is 2.76. The van der Waals surface area contributed by atoms with Crippen LogP contribution < -0.4 is 5.32 Å². The standard InChI is InChI=1S/C14H19Br2NO/c1-3-17-14(10-6-9(2)18-8-10)12-7-11(15)4-5-13(12)16/h4-5,7,9-10,14,17H,3,6,8H2,1-2H3. The van der Waals surface area contributed by atoms with Gasteiger partial charge in [0.25, 0.3) is 0 Å². The molecule has 100 valence electrons. The topological polar surface area (TPSA) is 21.3 Å². The van der Waals surface area contributed by atoms with Crippen LogP contribution in [0.5, 0.6) is 0 Å². The molecule has 0 spiro atoms. The van der Waals surface area contributed by atoms with Gasteiger partial charge < -0.3 is 10.1 Å². The first kappa shape index (κ1) is 14.5. The van der Waals surface area contributed by atoms with E-state index in [2.05, 4.69) is 69.2 Å². The summed E-state index contributed by atoms with van der Waals surface area (Å²) >= 11 is 7.22. The van der Waals surface area contributed by atoms with Crippen LogP contribution in [0.15, 0.2) is 27.1 Å². The van der Waals surface area contributed by atoms with Crippen LogP contribution in [0.3, 0.4) is 0 Å². The van der Waals surface area contributed by atoms with Crippen LogP contribution in [0.1, 0.15) is 31.9 Å². The molecular weight excluding hydrogens is 358 g/mol. The van der Waals surface area contributed by atoms with Crippen molar-refractivity contribution < 1.29 is 4.74 Å². The van der Waals surface area contributed by atoms with Crippen LogP contribution >= 0.6 is 31.9 Å². The molecule has 1 N–H and O–H groups in total. The maximum Gasteiger partial charge on any atom is 0.0551 e. The molecule has 1 aliphatic heterocycles. The smallest absolute Gasteiger partial charge is 0.0551 e. The number of nitrogens with one attached hydrogen (secondary N) is 1. The fourth-order valence-corrected chi connectivity index (χ4v) is 3.46. The highest BCUT2D eigenvalue weighted by Gasteiger charge is 2.31. The Morgan fingerprint density at radius 2 is 2.22 bits per heavy atom. The normalized spacial score (nSPS) is 25.3. The molecule has 1 aliphatic rings. The number of rotatable bonds is 4.